The first-order valence-corrected chi connectivity index (χ1v) is 5.04. The minimum absolute atomic E-state index is 0.273. The highest BCUT2D eigenvalue weighted by atomic mass is 16.5. The lowest BCUT2D eigenvalue weighted by atomic mass is 10.1. The molecule has 1 unspecified atom stereocenters. The summed E-state index contributed by atoms with van der Waals surface area (Å²) in [6, 6.07) is -0.450. The maximum Gasteiger partial charge on any atom is 0.322 e. The van der Waals surface area contributed by atoms with E-state index in [4.69, 9.17) is 10.5 Å². The Bertz CT molecular complexity index is 148. The largest absolute Gasteiger partial charge is 0.464 e. The lowest BCUT2D eigenvalue weighted by molar-refractivity contribution is -0.146. The average Bonchev–Trinajstić information content (AvgIpc) is 2.13. The minimum Gasteiger partial charge on any atom is -0.464 e. The van der Waals surface area contributed by atoms with E-state index in [0.717, 1.165) is 12.8 Å². The molecule has 0 aromatic heterocycles. The fraction of sp³-hybridized carbons (Fsp3) is 0.900. The Kier molecular flexibility index (Phi) is 6.59. The maximum atomic E-state index is 11.1. The van der Waals surface area contributed by atoms with E-state index in [0.29, 0.717) is 18.9 Å². The first-order valence-electron chi connectivity index (χ1n) is 5.04. The predicted octanol–water partition coefficient (Wildman–Crippen LogP) is 1.70. The van der Waals surface area contributed by atoms with Crippen molar-refractivity contribution in [1.29, 1.82) is 0 Å². The normalized spacial score (nSPS) is 15.1. The maximum absolute atomic E-state index is 11.1. The Morgan fingerprint density at radius 2 is 2.08 bits per heavy atom. The van der Waals surface area contributed by atoms with Crippen LogP contribution in [-0.4, -0.2) is 18.6 Å². The van der Waals surface area contributed by atoms with E-state index < -0.39 is 6.04 Å². The molecule has 0 bridgehead atoms. The fourth-order valence-corrected chi connectivity index (χ4v) is 1.07. The van der Waals surface area contributed by atoms with Crippen molar-refractivity contribution in [2.24, 2.45) is 11.7 Å². The zero-order valence-corrected chi connectivity index (χ0v) is 8.88. The molecule has 0 saturated heterocycles. The third-order valence-electron chi connectivity index (χ3n) is 2.03. The van der Waals surface area contributed by atoms with E-state index in [1.54, 1.807) is 0 Å². The SMILES string of the molecule is CCCC(C)COC(=O)[C@H](N)CC. The van der Waals surface area contributed by atoms with E-state index in [9.17, 15) is 4.79 Å². The van der Waals surface area contributed by atoms with Crippen LogP contribution in [0.1, 0.15) is 40.0 Å². The van der Waals surface area contributed by atoms with Crippen LogP contribution in [0.25, 0.3) is 0 Å². The molecule has 0 aliphatic rings. The molecule has 0 aliphatic heterocycles. The highest BCUT2D eigenvalue weighted by Gasteiger charge is 2.13. The first kappa shape index (κ1) is 12.4. The number of hydrogen-bond acceptors (Lipinski definition) is 3. The monoisotopic (exact) mass is 187 g/mol. The Morgan fingerprint density at radius 3 is 2.54 bits per heavy atom. The third kappa shape index (κ3) is 5.64. The molecule has 3 nitrogen and oxygen atoms in total. The van der Waals surface area contributed by atoms with Crippen molar-refractivity contribution >= 4 is 5.97 Å². The van der Waals surface area contributed by atoms with Gasteiger partial charge in [0.05, 0.1) is 6.61 Å². The van der Waals surface area contributed by atoms with E-state index in [1.165, 1.54) is 0 Å². The Morgan fingerprint density at radius 1 is 1.46 bits per heavy atom. The molecule has 0 aromatic rings. The molecular weight excluding hydrogens is 166 g/mol. The molecule has 0 aromatic carbocycles. The molecule has 2 N–H and O–H groups in total. The van der Waals surface area contributed by atoms with Crippen LogP contribution in [0, 0.1) is 5.92 Å². The highest BCUT2D eigenvalue weighted by Crippen LogP contribution is 2.05. The van der Waals surface area contributed by atoms with Crippen LogP contribution in [0.4, 0.5) is 0 Å². The lowest BCUT2D eigenvalue weighted by Gasteiger charge is -2.13. The van der Waals surface area contributed by atoms with Crippen LogP contribution in [0.3, 0.4) is 0 Å². The van der Waals surface area contributed by atoms with Gasteiger partial charge in [-0.2, -0.15) is 0 Å². The number of rotatable bonds is 6. The van der Waals surface area contributed by atoms with Crippen molar-refractivity contribution in [3.05, 3.63) is 0 Å². The van der Waals surface area contributed by atoms with Gasteiger partial charge in [0, 0.05) is 0 Å². The molecule has 0 saturated carbocycles. The van der Waals surface area contributed by atoms with Gasteiger partial charge in [-0.15, -0.1) is 0 Å². The zero-order valence-electron chi connectivity index (χ0n) is 8.88. The van der Waals surface area contributed by atoms with Gasteiger partial charge in [0.1, 0.15) is 6.04 Å². The smallest absolute Gasteiger partial charge is 0.322 e. The first-order chi connectivity index (χ1) is 6.11. The average molecular weight is 187 g/mol. The Hall–Kier alpha value is -0.570. The molecule has 78 valence electrons. The van der Waals surface area contributed by atoms with Crippen molar-refractivity contribution in [2.45, 2.75) is 46.1 Å². The number of hydrogen-bond donors (Lipinski definition) is 1. The lowest BCUT2D eigenvalue weighted by Crippen LogP contribution is -2.32. The second kappa shape index (κ2) is 6.89. The quantitative estimate of drug-likeness (QED) is 0.644. The molecule has 3 heteroatoms. The molecule has 0 radical (unpaired) electrons. The summed E-state index contributed by atoms with van der Waals surface area (Å²) in [7, 11) is 0. The topological polar surface area (TPSA) is 52.3 Å². The van der Waals surface area contributed by atoms with Gasteiger partial charge < -0.3 is 10.5 Å². The van der Waals surface area contributed by atoms with Crippen LogP contribution in [0.2, 0.25) is 0 Å². The van der Waals surface area contributed by atoms with Gasteiger partial charge >= 0.3 is 5.97 Å². The Balaban J connectivity index is 3.57. The number of esters is 1. The second-order valence-electron chi connectivity index (χ2n) is 3.54. The fourth-order valence-electron chi connectivity index (χ4n) is 1.07. The molecule has 2 atom stereocenters. The van der Waals surface area contributed by atoms with E-state index in [2.05, 4.69) is 13.8 Å². The highest BCUT2D eigenvalue weighted by molar-refractivity contribution is 5.75. The summed E-state index contributed by atoms with van der Waals surface area (Å²) >= 11 is 0. The Labute approximate surface area is 80.6 Å². The molecule has 0 spiro atoms. The van der Waals surface area contributed by atoms with Gasteiger partial charge in [-0.05, 0) is 18.8 Å². The second-order valence-corrected chi connectivity index (χ2v) is 3.54. The van der Waals surface area contributed by atoms with Gasteiger partial charge in [0.15, 0.2) is 0 Å². The van der Waals surface area contributed by atoms with Crippen molar-refractivity contribution in [1.82, 2.24) is 0 Å². The van der Waals surface area contributed by atoms with Crippen LogP contribution < -0.4 is 5.73 Å². The molecular formula is C10H21NO2. The molecule has 0 heterocycles. The van der Waals surface area contributed by atoms with Crippen LogP contribution in [0.5, 0.6) is 0 Å². The molecule has 13 heavy (non-hydrogen) atoms. The van der Waals surface area contributed by atoms with Crippen LogP contribution in [0.15, 0.2) is 0 Å². The van der Waals surface area contributed by atoms with Crippen molar-refractivity contribution in [2.75, 3.05) is 6.61 Å². The number of nitrogens with two attached hydrogens (primary N) is 1. The van der Waals surface area contributed by atoms with Crippen LogP contribution in [-0.2, 0) is 9.53 Å². The number of carbonyl (C=O) groups excluding carboxylic acids is 1. The summed E-state index contributed by atoms with van der Waals surface area (Å²) in [4.78, 5) is 11.1. The molecule has 0 rings (SSSR count). The standard InChI is InChI=1S/C10H21NO2/c1-4-6-8(3)7-13-10(12)9(11)5-2/h8-9H,4-7,11H2,1-3H3/t8?,9-/m1/s1. The van der Waals surface area contributed by atoms with Gasteiger partial charge in [0.25, 0.3) is 0 Å². The van der Waals surface area contributed by atoms with E-state index >= 15 is 0 Å². The number of carbonyl (C=O) groups is 1. The number of ether oxygens (including phenoxy) is 1. The summed E-state index contributed by atoms with van der Waals surface area (Å²) in [6.45, 7) is 6.58. The van der Waals surface area contributed by atoms with Crippen molar-refractivity contribution in [3.63, 3.8) is 0 Å². The summed E-state index contributed by atoms with van der Waals surface area (Å²) in [5, 5.41) is 0. The minimum atomic E-state index is -0.450. The van der Waals surface area contributed by atoms with Gasteiger partial charge in [-0.1, -0.05) is 27.2 Å². The summed E-state index contributed by atoms with van der Waals surface area (Å²) < 4.78 is 5.05. The summed E-state index contributed by atoms with van der Waals surface area (Å²) in [6.07, 6.45) is 2.86. The molecule has 0 amide bonds. The van der Waals surface area contributed by atoms with E-state index in [-0.39, 0.29) is 5.97 Å². The van der Waals surface area contributed by atoms with Gasteiger partial charge in [-0.3, -0.25) is 4.79 Å². The summed E-state index contributed by atoms with van der Waals surface area (Å²) in [5.41, 5.74) is 5.50. The van der Waals surface area contributed by atoms with Gasteiger partial charge in [-0.25, -0.2) is 0 Å². The van der Waals surface area contributed by atoms with E-state index in [1.807, 2.05) is 6.92 Å². The molecule has 0 aliphatic carbocycles. The molecule has 0 fully saturated rings. The van der Waals surface area contributed by atoms with Gasteiger partial charge in [0.2, 0.25) is 0 Å². The third-order valence-corrected chi connectivity index (χ3v) is 2.03. The van der Waals surface area contributed by atoms with Crippen molar-refractivity contribution < 1.29 is 9.53 Å². The predicted molar refractivity (Wildman–Crippen MR) is 53.3 cm³/mol. The van der Waals surface area contributed by atoms with Crippen molar-refractivity contribution in [3.8, 4) is 0 Å². The van der Waals surface area contributed by atoms with Crippen LogP contribution >= 0.6 is 0 Å². The summed E-state index contributed by atoms with van der Waals surface area (Å²) in [5.74, 6) is 0.170. The zero-order chi connectivity index (χ0) is 10.3.